The van der Waals surface area contributed by atoms with Crippen molar-refractivity contribution in [2.45, 2.75) is 6.92 Å². The van der Waals surface area contributed by atoms with Gasteiger partial charge in [0, 0.05) is 11.8 Å². The molecule has 0 saturated heterocycles. The van der Waals surface area contributed by atoms with Gasteiger partial charge < -0.3 is 4.74 Å². The number of esters is 1. The predicted octanol–water partition coefficient (Wildman–Crippen LogP) is 0.953. The average Bonchev–Trinajstić information content (AvgIpc) is 2.36. The van der Waals surface area contributed by atoms with Gasteiger partial charge in [-0.05, 0) is 13.0 Å². The van der Waals surface area contributed by atoms with Gasteiger partial charge in [0.2, 0.25) is 0 Å². The van der Waals surface area contributed by atoms with Gasteiger partial charge >= 0.3 is 5.97 Å². The van der Waals surface area contributed by atoms with Gasteiger partial charge in [-0.1, -0.05) is 18.7 Å². The van der Waals surface area contributed by atoms with Crippen molar-refractivity contribution in [1.82, 2.24) is 3.71 Å². The van der Waals surface area contributed by atoms with E-state index in [1.807, 2.05) is 0 Å². The molecule has 0 aliphatic carbocycles. The zero-order valence-electron chi connectivity index (χ0n) is 12.3. The normalized spacial score (nSPS) is 11.9. The molecule has 0 aromatic heterocycles. The van der Waals surface area contributed by atoms with Crippen molar-refractivity contribution in [1.29, 1.82) is 0 Å². The number of rotatable bonds is 10. The van der Waals surface area contributed by atoms with Crippen molar-refractivity contribution in [2.75, 3.05) is 18.1 Å². The standard InChI is InChI=1S/C13H19NO6S2/c1-5-10-21(16,17)14(22(18,19)11-6-2)8-7-9-20-13(15)12(3)4/h5-8H,1-3,9-11H2,4H3. The molecule has 22 heavy (non-hydrogen) atoms. The van der Waals surface area contributed by atoms with Crippen LogP contribution in [0.25, 0.3) is 0 Å². The Hall–Kier alpha value is -1.87. The molecule has 7 nitrogen and oxygen atoms in total. The first kappa shape index (κ1) is 20.1. The van der Waals surface area contributed by atoms with Gasteiger partial charge in [0.25, 0.3) is 20.0 Å². The molecule has 0 aliphatic rings. The van der Waals surface area contributed by atoms with E-state index in [0.717, 1.165) is 24.4 Å². The SMILES string of the molecule is C=CCS(=O)(=O)N(C=CCOC(=O)C(=C)C)S(=O)(=O)CC=C. The second-order valence-electron chi connectivity index (χ2n) is 4.12. The summed E-state index contributed by atoms with van der Waals surface area (Å²) in [5, 5.41) is 0. The number of carbonyl (C=O) groups is 1. The number of ether oxygens (including phenoxy) is 1. The topological polar surface area (TPSA) is 97.8 Å². The second kappa shape index (κ2) is 8.54. The third-order valence-electron chi connectivity index (χ3n) is 2.09. The highest BCUT2D eigenvalue weighted by molar-refractivity contribution is 8.04. The summed E-state index contributed by atoms with van der Waals surface area (Å²) < 4.78 is 52.8. The first-order chi connectivity index (χ1) is 10.1. The largest absolute Gasteiger partial charge is 0.458 e. The maximum absolute atomic E-state index is 12.0. The van der Waals surface area contributed by atoms with Crippen molar-refractivity contribution >= 4 is 26.0 Å². The number of sulfonamides is 2. The molecule has 0 fully saturated rings. The van der Waals surface area contributed by atoms with Crippen molar-refractivity contribution in [3.63, 3.8) is 0 Å². The molecule has 0 rings (SSSR count). The van der Waals surface area contributed by atoms with Crippen LogP contribution in [-0.4, -0.2) is 44.6 Å². The third kappa shape index (κ3) is 6.27. The highest BCUT2D eigenvalue weighted by atomic mass is 32.3. The molecule has 0 aromatic rings. The van der Waals surface area contributed by atoms with E-state index >= 15 is 0 Å². The van der Waals surface area contributed by atoms with Gasteiger partial charge in [-0.2, -0.15) is 3.71 Å². The fourth-order valence-corrected chi connectivity index (χ4v) is 4.36. The number of nitrogens with zero attached hydrogens (tertiary/aromatic N) is 1. The van der Waals surface area contributed by atoms with E-state index in [4.69, 9.17) is 4.74 Å². The highest BCUT2D eigenvalue weighted by Crippen LogP contribution is 2.12. The van der Waals surface area contributed by atoms with Crippen LogP contribution in [0.1, 0.15) is 6.92 Å². The Morgan fingerprint density at radius 3 is 1.91 bits per heavy atom. The minimum Gasteiger partial charge on any atom is -0.458 e. The average molecular weight is 349 g/mol. The highest BCUT2D eigenvalue weighted by Gasteiger charge is 2.28. The van der Waals surface area contributed by atoms with Crippen molar-refractivity contribution in [3.8, 4) is 0 Å². The molecule has 0 radical (unpaired) electrons. The Kier molecular flexibility index (Phi) is 7.82. The quantitative estimate of drug-likeness (QED) is 0.331. The van der Waals surface area contributed by atoms with Crippen LogP contribution in [0.3, 0.4) is 0 Å². The minimum atomic E-state index is -4.13. The monoisotopic (exact) mass is 349 g/mol. The summed E-state index contributed by atoms with van der Waals surface area (Å²) in [7, 11) is -8.27. The van der Waals surface area contributed by atoms with E-state index in [1.54, 1.807) is 0 Å². The Bertz CT molecular complexity index is 633. The first-order valence-electron chi connectivity index (χ1n) is 6.04. The van der Waals surface area contributed by atoms with Crippen LogP contribution in [0.2, 0.25) is 0 Å². The third-order valence-corrected chi connectivity index (χ3v) is 6.11. The van der Waals surface area contributed by atoms with Crippen LogP contribution in [0.5, 0.6) is 0 Å². The second-order valence-corrected chi connectivity index (χ2v) is 8.14. The lowest BCUT2D eigenvalue weighted by atomic mass is 10.4. The smallest absolute Gasteiger partial charge is 0.333 e. The molecule has 124 valence electrons. The van der Waals surface area contributed by atoms with Crippen LogP contribution < -0.4 is 0 Å². The molecule has 0 N–H and O–H groups in total. The Morgan fingerprint density at radius 1 is 1.09 bits per heavy atom. The van der Waals surface area contributed by atoms with Gasteiger partial charge in [0.15, 0.2) is 0 Å². The molecule has 0 aromatic carbocycles. The molecule has 0 atom stereocenters. The van der Waals surface area contributed by atoms with E-state index in [9.17, 15) is 21.6 Å². The molecule has 0 aliphatic heterocycles. The van der Waals surface area contributed by atoms with E-state index < -0.39 is 37.5 Å². The molecule has 0 bridgehead atoms. The summed E-state index contributed by atoms with van der Waals surface area (Å²) >= 11 is 0. The van der Waals surface area contributed by atoms with Gasteiger partial charge in [0.1, 0.15) is 6.61 Å². The molecule has 0 unspecified atom stereocenters. The van der Waals surface area contributed by atoms with Gasteiger partial charge in [-0.25, -0.2) is 21.6 Å². The summed E-state index contributed by atoms with van der Waals surface area (Å²) in [4.78, 5) is 11.2. The van der Waals surface area contributed by atoms with Crippen LogP contribution >= 0.6 is 0 Å². The Labute approximate surface area is 131 Å². The molecule has 0 spiro atoms. The zero-order valence-corrected chi connectivity index (χ0v) is 13.9. The predicted molar refractivity (Wildman–Crippen MR) is 84.7 cm³/mol. The molecule has 0 saturated carbocycles. The lowest BCUT2D eigenvalue weighted by Crippen LogP contribution is -2.35. The Balaban J connectivity index is 5.28. The molecular weight excluding hydrogens is 330 g/mol. The van der Waals surface area contributed by atoms with Crippen LogP contribution in [0, 0.1) is 0 Å². The van der Waals surface area contributed by atoms with E-state index in [1.165, 1.54) is 6.92 Å². The molecule has 0 amide bonds. The maximum atomic E-state index is 12.0. The molecular formula is C13H19NO6S2. The fourth-order valence-electron chi connectivity index (χ4n) is 1.18. The van der Waals surface area contributed by atoms with E-state index in [0.29, 0.717) is 0 Å². The first-order valence-corrected chi connectivity index (χ1v) is 9.26. The molecule has 0 heterocycles. The van der Waals surface area contributed by atoms with E-state index in [-0.39, 0.29) is 15.9 Å². The van der Waals surface area contributed by atoms with Crippen molar-refractivity contribution in [2.24, 2.45) is 0 Å². The summed E-state index contributed by atoms with van der Waals surface area (Å²) in [5.74, 6) is -1.78. The van der Waals surface area contributed by atoms with Gasteiger partial charge in [0.05, 0.1) is 11.5 Å². The zero-order chi connectivity index (χ0) is 17.4. The number of hydrogen-bond acceptors (Lipinski definition) is 6. The van der Waals surface area contributed by atoms with Crippen LogP contribution in [0.4, 0.5) is 0 Å². The molecule has 9 heteroatoms. The van der Waals surface area contributed by atoms with E-state index in [2.05, 4.69) is 19.7 Å². The minimum absolute atomic E-state index is 0.170. The van der Waals surface area contributed by atoms with Gasteiger partial charge in [-0.3, -0.25) is 0 Å². The summed E-state index contributed by atoms with van der Waals surface area (Å²) in [5.41, 5.74) is 0.170. The summed E-state index contributed by atoms with van der Waals surface area (Å²) in [6.45, 7) is 11.1. The summed E-state index contributed by atoms with van der Waals surface area (Å²) in [6, 6.07) is 0. The lowest BCUT2D eigenvalue weighted by molar-refractivity contribution is -0.137. The van der Waals surface area contributed by atoms with Crippen molar-refractivity contribution in [3.05, 3.63) is 49.7 Å². The Morgan fingerprint density at radius 2 is 1.55 bits per heavy atom. The number of carbonyl (C=O) groups excluding carboxylic acids is 1. The fraction of sp³-hybridized carbons (Fsp3) is 0.308. The van der Waals surface area contributed by atoms with Gasteiger partial charge in [-0.15, -0.1) is 13.2 Å². The van der Waals surface area contributed by atoms with Crippen LogP contribution in [0.15, 0.2) is 49.7 Å². The maximum Gasteiger partial charge on any atom is 0.333 e. The number of hydrogen-bond donors (Lipinski definition) is 0. The lowest BCUT2D eigenvalue weighted by Gasteiger charge is -2.18. The van der Waals surface area contributed by atoms with Crippen LogP contribution in [-0.2, 0) is 29.6 Å². The van der Waals surface area contributed by atoms with Crippen molar-refractivity contribution < 1.29 is 26.4 Å². The summed E-state index contributed by atoms with van der Waals surface area (Å²) in [6.07, 6.45) is 4.06.